The zero-order valence-corrected chi connectivity index (χ0v) is 57.1. The number of nitrogens with one attached hydrogen (secondary N) is 2. The van der Waals surface area contributed by atoms with Crippen molar-refractivity contribution in [3.8, 4) is 12.0 Å². The fourth-order valence-corrected chi connectivity index (χ4v) is 17.1. The minimum Gasteiger partial charge on any atom is -0.460 e. The molecule has 8 heterocycles. The number of hydrogen-bond donors (Lipinski definition) is 8. The van der Waals surface area contributed by atoms with Crippen LogP contribution >= 0.6 is 0 Å². The van der Waals surface area contributed by atoms with Gasteiger partial charge in [0.15, 0.2) is 0 Å². The molecule has 8 rings (SSSR count). The van der Waals surface area contributed by atoms with Crippen LogP contribution in [-0.4, -0.2) is 207 Å². The lowest BCUT2D eigenvalue weighted by Gasteiger charge is -2.55. The Hall–Kier alpha value is -3.66. The van der Waals surface area contributed by atoms with Gasteiger partial charge in [-0.25, -0.2) is 0 Å². The van der Waals surface area contributed by atoms with Crippen LogP contribution in [0.3, 0.4) is 0 Å². The largest absolute Gasteiger partial charge is 0.460 e. The third-order valence-corrected chi connectivity index (χ3v) is 20.1. The topological polar surface area (TPSA) is 267 Å². The van der Waals surface area contributed by atoms with Crippen LogP contribution < -0.4 is 29.9 Å². The molecular formula is C62H114N16O8. The minimum absolute atomic E-state index is 0.143. The molecule has 0 atom stereocenters. The summed E-state index contributed by atoms with van der Waals surface area (Å²) in [6.07, 6.45) is 5.80. The van der Waals surface area contributed by atoms with E-state index in [1.807, 2.05) is 111 Å². The Labute approximate surface area is 514 Å². The van der Waals surface area contributed by atoms with E-state index < -0.39 is 66.5 Å². The average Bonchev–Trinajstić information content (AvgIpc) is 0.995. The zero-order chi connectivity index (χ0) is 64.5. The quantitative estimate of drug-likeness (QED) is 0.0824. The van der Waals surface area contributed by atoms with Crippen molar-refractivity contribution < 1.29 is 40.7 Å². The highest BCUT2D eigenvalue weighted by molar-refractivity contribution is 5.45. The summed E-state index contributed by atoms with van der Waals surface area (Å²) in [4.78, 5) is 35.9. The van der Waals surface area contributed by atoms with E-state index in [-0.39, 0.29) is 48.4 Å². The Morgan fingerprint density at radius 2 is 0.535 bits per heavy atom. The van der Waals surface area contributed by atoms with Crippen molar-refractivity contribution in [3.05, 3.63) is 0 Å². The summed E-state index contributed by atoms with van der Waals surface area (Å²) in [6.45, 7) is 49.4. The van der Waals surface area contributed by atoms with Gasteiger partial charge >= 0.3 is 12.0 Å². The van der Waals surface area contributed by atoms with E-state index in [2.05, 4.69) is 75.8 Å². The maximum absolute atomic E-state index is 11.9. The maximum atomic E-state index is 11.9. The van der Waals surface area contributed by atoms with E-state index in [0.717, 1.165) is 0 Å². The highest BCUT2D eigenvalue weighted by atomic mass is 16.5. The number of piperidine rings is 6. The summed E-state index contributed by atoms with van der Waals surface area (Å²) in [5.41, 5.74) is -7.53. The number of anilines is 4. The number of aromatic nitrogens is 6. The van der Waals surface area contributed by atoms with Crippen molar-refractivity contribution in [2.45, 2.75) is 346 Å². The molecule has 24 heteroatoms. The highest BCUT2D eigenvalue weighted by Crippen LogP contribution is 2.46. The molecule has 2 aromatic rings. The Balaban J connectivity index is 1.29. The van der Waals surface area contributed by atoms with E-state index in [4.69, 9.17) is 39.4 Å². The number of ether oxygens (including phenoxy) is 2. The lowest BCUT2D eigenvalue weighted by atomic mass is 9.78. The summed E-state index contributed by atoms with van der Waals surface area (Å²) in [6, 6.07) is -0.484. The van der Waals surface area contributed by atoms with E-state index in [0.29, 0.717) is 114 Å². The molecular weight excluding hydrogens is 1100 g/mol. The number of hydrogen-bond acceptors (Lipinski definition) is 24. The molecule has 8 N–H and O–H groups in total. The van der Waals surface area contributed by atoms with Crippen molar-refractivity contribution in [1.82, 2.24) is 60.3 Å². The van der Waals surface area contributed by atoms with Crippen LogP contribution in [0.2, 0.25) is 0 Å². The van der Waals surface area contributed by atoms with Gasteiger partial charge in [-0.05, 0) is 218 Å². The van der Waals surface area contributed by atoms with Crippen LogP contribution in [0, 0.1) is 0 Å². The molecule has 86 heavy (non-hydrogen) atoms. The van der Waals surface area contributed by atoms with Gasteiger partial charge in [0.1, 0.15) is 12.2 Å². The Morgan fingerprint density at radius 1 is 0.326 bits per heavy atom. The summed E-state index contributed by atoms with van der Waals surface area (Å²) in [5, 5.41) is 85.5. The van der Waals surface area contributed by atoms with Crippen molar-refractivity contribution in [1.29, 1.82) is 0 Å². The Bertz CT molecular complexity index is 2320. The summed E-state index contributed by atoms with van der Waals surface area (Å²) in [5.74, 6) is 1.42. The average molecular weight is 1210 g/mol. The van der Waals surface area contributed by atoms with E-state index in [1.165, 1.54) is 30.4 Å². The first-order chi connectivity index (χ1) is 38.9. The monoisotopic (exact) mass is 1210 g/mol. The lowest BCUT2D eigenvalue weighted by molar-refractivity contribution is -0.255. The predicted molar refractivity (Wildman–Crippen MR) is 332 cm³/mol. The standard InChI is InChI=1S/C62H114N16O8/c1-51(2)27-39(28-52(3,4)73(51)79)63-45-65-47(69-49(67-45)85-43-35-59(17,18)77(83)60(19,20)36-43)71(41-31-55(9,10)75(81)56(11,12)32-41)25-26-72(42-33-57(13,14)76(82)58(15,16)34-42)48-66-46(64-40-29-53(5,6)74(80)54(7,8)30-40)68-50(70-48)86-44-37-61(21,22)78(84)62(23,24)38-44/h39-44,79-84H,25-38H2,1-24H3,(H,63,65,67,69)(H,64,66,68,70). The van der Waals surface area contributed by atoms with Gasteiger partial charge in [0.2, 0.25) is 23.8 Å². The van der Waals surface area contributed by atoms with E-state index in [9.17, 15) is 31.2 Å². The molecule has 0 saturated carbocycles. The van der Waals surface area contributed by atoms with Gasteiger partial charge in [-0.15, -0.1) is 0 Å². The van der Waals surface area contributed by atoms with Crippen molar-refractivity contribution >= 4 is 23.8 Å². The normalized spacial score (nSPS) is 28.2. The second kappa shape index (κ2) is 22.6. The molecule has 0 spiro atoms. The molecule has 0 amide bonds. The molecule has 0 unspecified atom stereocenters. The molecule has 6 fully saturated rings. The molecule has 6 aliphatic heterocycles. The van der Waals surface area contributed by atoms with Gasteiger partial charge in [-0.3, -0.25) is 0 Å². The molecule has 0 bridgehead atoms. The van der Waals surface area contributed by atoms with Gasteiger partial charge in [-0.1, -0.05) is 0 Å². The summed E-state index contributed by atoms with van der Waals surface area (Å²) >= 11 is 0. The molecule has 490 valence electrons. The van der Waals surface area contributed by atoms with Crippen molar-refractivity contribution in [2.24, 2.45) is 0 Å². The first-order valence-electron chi connectivity index (χ1n) is 31.8. The molecule has 0 radical (unpaired) electrons. The van der Waals surface area contributed by atoms with Crippen molar-refractivity contribution in [3.63, 3.8) is 0 Å². The molecule has 0 aromatic carbocycles. The van der Waals surface area contributed by atoms with Gasteiger partial charge < -0.3 is 61.2 Å². The third-order valence-electron chi connectivity index (χ3n) is 20.1. The Morgan fingerprint density at radius 3 is 0.767 bits per heavy atom. The number of rotatable bonds is 15. The lowest BCUT2D eigenvalue weighted by Crippen LogP contribution is -2.65. The van der Waals surface area contributed by atoms with Gasteiger partial charge in [0, 0.05) is 129 Å². The van der Waals surface area contributed by atoms with Crippen LogP contribution in [0.25, 0.3) is 0 Å². The second-order valence-corrected chi connectivity index (χ2v) is 34.4. The fraction of sp³-hybridized carbons (Fsp3) is 0.903. The highest BCUT2D eigenvalue weighted by Gasteiger charge is 2.53. The number of nitrogens with zero attached hydrogens (tertiary/aromatic N) is 14. The Kier molecular flexibility index (Phi) is 18.0. The molecule has 24 nitrogen and oxygen atoms in total. The summed E-state index contributed by atoms with van der Waals surface area (Å²) in [7, 11) is 0. The van der Waals surface area contributed by atoms with Crippen LogP contribution in [0.1, 0.15) is 243 Å². The molecule has 6 aliphatic rings. The molecule has 6 saturated heterocycles. The summed E-state index contributed by atoms with van der Waals surface area (Å²) < 4.78 is 13.9. The minimum atomic E-state index is -0.684. The molecule has 0 aliphatic carbocycles. The van der Waals surface area contributed by atoms with Gasteiger partial charge in [-0.2, -0.15) is 60.3 Å². The fourth-order valence-electron chi connectivity index (χ4n) is 17.1. The predicted octanol–water partition coefficient (Wildman–Crippen LogP) is 10.4. The van der Waals surface area contributed by atoms with Crippen LogP contribution in [0.15, 0.2) is 0 Å². The van der Waals surface area contributed by atoms with E-state index >= 15 is 0 Å². The zero-order valence-electron chi connectivity index (χ0n) is 57.1. The molecule has 2 aromatic heterocycles. The van der Waals surface area contributed by atoms with Gasteiger partial charge in [0.05, 0.1) is 0 Å². The van der Waals surface area contributed by atoms with E-state index in [1.54, 1.807) is 0 Å². The van der Waals surface area contributed by atoms with Crippen LogP contribution in [0.5, 0.6) is 12.0 Å². The first-order valence-corrected chi connectivity index (χ1v) is 31.8. The SMILES string of the molecule is CC1(C)CC(Nc2nc(OC3CC(C)(C)N(O)C(C)(C)C3)nc(N(CCN(c3nc(NC4CC(C)(C)N(O)C(C)(C)C4)nc(OC4CC(C)(C)N(O)C(C)(C)C4)n3)C3CC(C)(C)N(O)C(C)(C)C3)C3CC(C)(C)N(O)C(C)(C)C3)n2)CC(C)(C)N1O. The van der Waals surface area contributed by atoms with Crippen LogP contribution in [0.4, 0.5) is 23.8 Å². The van der Waals surface area contributed by atoms with Gasteiger partial charge in [0.25, 0.3) is 0 Å². The number of hydroxylamine groups is 12. The smallest absolute Gasteiger partial charge is 0.323 e. The second-order valence-electron chi connectivity index (χ2n) is 34.4. The van der Waals surface area contributed by atoms with Crippen LogP contribution in [-0.2, 0) is 0 Å². The first kappa shape index (κ1) is 68.3. The van der Waals surface area contributed by atoms with Crippen molar-refractivity contribution in [2.75, 3.05) is 33.5 Å². The third kappa shape index (κ3) is 14.1. The maximum Gasteiger partial charge on any atom is 0.323 e.